The van der Waals surface area contributed by atoms with E-state index in [0.717, 1.165) is 24.7 Å². The monoisotopic (exact) mass is 268 g/mol. The van der Waals surface area contributed by atoms with Gasteiger partial charge in [0.25, 0.3) is 0 Å². The SMILES string of the molecule is CC1CN(C(N)=NCC(C)c2nccs2)CCO1. The van der Waals surface area contributed by atoms with Gasteiger partial charge in [0.05, 0.1) is 24.3 Å². The molecule has 1 aromatic rings. The summed E-state index contributed by atoms with van der Waals surface area (Å²) in [5, 5.41) is 3.10. The summed E-state index contributed by atoms with van der Waals surface area (Å²) in [4.78, 5) is 10.8. The number of rotatable bonds is 3. The molecule has 2 atom stereocenters. The molecule has 1 fully saturated rings. The molecule has 0 aromatic carbocycles. The van der Waals surface area contributed by atoms with Crippen molar-refractivity contribution in [1.82, 2.24) is 9.88 Å². The lowest BCUT2D eigenvalue weighted by Crippen LogP contribution is -2.48. The molecule has 100 valence electrons. The average Bonchev–Trinajstić information content (AvgIpc) is 2.89. The number of guanidine groups is 1. The van der Waals surface area contributed by atoms with E-state index in [4.69, 9.17) is 10.5 Å². The van der Waals surface area contributed by atoms with E-state index < -0.39 is 0 Å². The summed E-state index contributed by atoms with van der Waals surface area (Å²) < 4.78 is 5.48. The number of hydrogen-bond acceptors (Lipinski definition) is 4. The van der Waals surface area contributed by atoms with Crippen LogP contribution in [0.25, 0.3) is 0 Å². The fourth-order valence-electron chi connectivity index (χ4n) is 1.91. The minimum absolute atomic E-state index is 0.226. The predicted octanol–water partition coefficient (Wildman–Crippen LogP) is 1.28. The Balaban J connectivity index is 1.88. The van der Waals surface area contributed by atoms with E-state index in [0.29, 0.717) is 18.4 Å². The highest BCUT2D eigenvalue weighted by atomic mass is 32.1. The maximum atomic E-state index is 6.02. The Morgan fingerprint density at radius 2 is 2.61 bits per heavy atom. The van der Waals surface area contributed by atoms with Crippen molar-refractivity contribution in [3.8, 4) is 0 Å². The summed E-state index contributed by atoms with van der Waals surface area (Å²) in [7, 11) is 0. The first kappa shape index (κ1) is 13.3. The van der Waals surface area contributed by atoms with E-state index in [1.807, 2.05) is 11.6 Å². The van der Waals surface area contributed by atoms with Gasteiger partial charge >= 0.3 is 0 Å². The van der Waals surface area contributed by atoms with Crippen LogP contribution in [-0.4, -0.2) is 48.2 Å². The second kappa shape index (κ2) is 6.15. The third-order valence-corrected chi connectivity index (χ3v) is 3.97. The molecule has 6 heteroatoms. The summed E-state index contributed by atoms with van der Waals surface area (Å²) in [6.45, 7) is 7.23. The zero-order valence-electron chi connectivity index (χ0n) is 10.9. The third kappa shape index (κ3) is 3.43. The second-order valence-electron chi connectivity index (χ2n) is 4.60. The van der Waals surface area contributed by atoms with Crippen LogP contribution in [0.3, 0.4) is 0 Å². The maximum Gasteiger partial charge on any atom is 0.191 e. The summed E-state index contributed by atoms with van der Waals surface area (Å²) >= 11 is 1.66. The van der Waals surface area contributed by atoms with Crippen molar-refractivity contribution in [2.24, 2.45) is 10.7 Å². The maximum absolute atomic E-state index is 6.02. The Kier molecular flexibility index (Phi) is 4.54. The molecule has 0 amide bonds. The van der Waals surface area contributed by atoms with Gasteiger partial charge in [-0.25, -0.2) is 4.98 Å². The van der Waals surface area contributed by atoms with Crippen LogP contribution in [0.1, 0.15) is 24.8 Å². The zero-order chi connectivity index (χ0) is 13.0. The first-order valence-corrected chi connectivity index (χ1v) is 7.10. The Morgan fingerprint density at radius 1 is 1.78 bits per heavy atom. The number of morpholine rings is 1. The van der Waals surface area contributed by atoms with Crippen LogP contribution in [0, 0.1) is 0 Å². The van der Waals surface area contributed by atoms with Gasteiger partial charge in [-0.1, -0.05) is 6.92 Å². The molecular formula is C12H20N4OS. The average molecular weight is 268 g/mol. The highest BCUT2D eigenvalue weighted by Gasteiger charge is 2.18. The zero-order valence-corrected chi connectivity index (χ0v) is 11.7. The Hall–Kier alpha value is -1.14. The number of hydrogen-bond donors (Lipinski definition) is 1. The van der Waals surface area contributed by atoms with Crippen molar-refractivity contribution < 1.29 is 4.74 Å². The minimum Gasteiger partial charge on any atom is -0.375 e. The Morgan fingerprint density at radius 3 is 3.28 bits per heavy atom. The summed E-state index contributed by atoms with van der Waals surface area (Å²) in [5.41, 5.74) is 6.02. The van der Waals surface area contributed by atoms with Gasteiger partial charge in [-0.05, 0) is 6.92 Å². The first-order valence-electron chi connectivity index (χ1n) is 6.22. The lowest BCUT2D eigenvalue weighted by Gasteiger charge is -2.31. The highest BCUT2D eigenvalue weighted by Crippen LogP contribution is 2.17. The fraction of sp³-hybridized carbons (Fsp3) is 0.667. The first-order chi connectivity index (χ1) is 8.66. The van der Waals surface area contributed by atoms with E-state index in [-0.39, 0.29) is 6.10 Å². The summed E-state index contributed by atoms with van der Waals surface area (Å²) in [5.74, 6) is 0.940. The molecule has 2 N–H and O–H groups in total. The van der Waals surface area contributed by atoms with Gasteiger partial charge in [0.15, 0.2) is 5.96 Å². The van der Waals surface area contributed by atoms with Gasteiger partial charge in [0.2, 0.25) is 0 Å². The normalized spacial score (nSPS) is 23.1. The quantitative estimate of drug-likeness (QED) is 0.662. The van der Waals surface area contributed by atoms with E-state index in [1.54, 1.807) is 11.3 Å². The van der Waals surface area contributed by atoms with Crippen molar-refractivity contribution in [1.29, 1.82) is 0 Å². The topological polar surface area (TPSA) is 63.7 Å². The van der Waals surface area contributed by atoms with E-state index >= 15 is 0 Å². The Labute approximate surface area is 112 Å². The summed E-state index contributed by atoms with van der Waals surface area (Å²) in [6.07, 6.45) is 2.05. The van der Waals surface area contributed by atoms with Gasteiger partial charge in [-0.2, -0.15) is 0 Å². The van der Waals surface area contributed by atoms with Crippen molar-refractivity contribution in [3.63, 3.8) is 0 Å². The van der Waals surface area contributed by atoms with Crippen LogP contribution in [0.15, 0.2) is 16.6 Å². The molecule has 1 aliphatic heterocycles. The predicted molar refractivity (Wildman–Crippen MR) is 74.0 cm³/mol. The standard InChI is InChI=1S/C12H20N4OS/c1-9(11-14-3-6-18-11)7-15-12(13)16-4-5-17-10(2)8-16/h3,6,9-10H,4-5,7-8H2,1-2H3,(H2,13,15). The molecule has 0 aliphatic carbocycles. The number of thiazole rings is 1. The molecule has 1 aliphatic rings. The molecule has 2 rings (SSSR count). The summed E-state index contributed by atoms with van der Waals surface area (Å²) in [6, 6.07) is 0. The molecule has 2 heterocycles. The Bertz CT molecular complexity index is 393. The van der Waals surface area contributed by atoms with E-state index in [2.05, 4.69) is 28.7 Å². The van der Waals surface area contributed by atoms with Gasteiger partial charge in [-0.3, -0.25) is 4.99 Å². The molecule has 0 radical (unpaired) electrons. The van der Waals surface area contributed by atoms with Crippen molar-refractivity contribution in [2.45, 2.75) is 25.9 Å². The number of nitrogens with two attached hydrogens (primary N) is 1. The molecule has 0 bridgehead atoms. The number of ether oxygens (including phenoxy) is 1. The van der Waals surface area contributed by atoms with E-state index in [9.17, 15) is 0 Å². The van der Waals surface area contributed by atoms with Crippen LogP contribution in [0.4, 0.5) is 0 Å². The molecule has 0 spiro atoms. The van der Waals surface area contributed by atoms with Gasteiger partial charge in [0.1, 0.15) is 0 Å². The largest absolute Gasteiger partial charge is 0.375 e. The molecule has 1 aromatic heterocycles. The van der Waals surface area contributed by atoms with Gasteiger partial charge < -0.3 is 15.4 Å². The van der Waals surface area contributed by atoms with Crippen LogP contribution >= 0.6 is 11.3 Å². The van der Waals surface area contributed by atoms with Gasteiger partial charge in [-0.15, -0.1) is 11.3 Å². The number of aliphatic imine (C=N–C) groups is 1. The highest BCUT2D eigenvalue weighted by molar-refractivity contribution is 7.09. The van der Waals surface area contributed by atoms with Crippen LogP contribution in [0.5, 0.6) is 0 Å². The molecular weight excluding hydrogens is 248 g/mol. The van der Waals surface area contributed by atoms with Crippen molar-refractivity contribution in [3.05, 3.63) is 16.6 Å². The van der Waals surface area contributed by atoms with Crippen LogP contribution in [0.2, 0.25) is 0 Å². The smallest absolute Gasteiger partial charge is 0.191 e. The lowest BCUT2D eigenvalue weighted by molar-refractivity contribution is 0.00529. The molecule has 2 unspecified atom stereocenters. The fourth-order valence-corrected chi connectivity index (χ4v) is 2.60. The van der Waals surface area contributed by atoms with Crippen LogP contribution < -0.4 is 5.73 Å². The van der Waals surface area contributed by atoms with E-state index in [1.165, 1.54) is 0 Å². The van der Waals surface area contributed by atoms with Crippen molar-refractivity contribution in [2.75, 3.05) is 26.2 Å². The molecule has 18 heavy (non-hydrogen) atoms. The lowest BCUT2D eigenvalue weighted by atomic mass is 10.2. The molecule has 5 nitrogen and oxygen atoms in total. The molecule has 1 saturated heterocycles. The van der Waals surface area contributed by atoms with Gasteiger partial charge in [0, 0.05) is 30.6 Å². The number of aromatic nitrogens is 1. The number of nitrogens with zero attached hydrogens (tertiary/aromatic N) is 3. The third-order valence-electron chi connectivity index (χ3n) is 2.97. The van der Waals surface area contributed by atoms with Crippen molar-refractivity contribution >= 4 is 17.3 Å². The second-order valence-corrected chi connectivity index (χ2v) is 5.52. The molecule has 0 saturated carbocycles. The minimum atomic E-state index is 0.226. The van der Waals surface area contributed by atoms with Crippen LogP contribution in [-0.2, 0) is 4.74 Å².